The van der Waals surface area contributed by atoms with Gasteiger partial charge in [0.15, 0.2) is 12.0 Å². The molecule has 7 heteroatoms. The van der Waals surface area contributed by atoms with Gasteiger partial charge in [-0.25, -0.2) is 0 Å². The zero-order chi connectivity index (χ0) is 19.8. The molecule has 0 spiro atoms. The summed E-state index contributed by atoms with van der Waals surface area (Å²) in [6.45, 7) is 1.90. The Labute approximate surface area is 171 Å². The van der Waals surface area contributed by atoms with Crippen molar-refractivity contribution in [2.24, 2.45) is 4.99 Å². The lowest BCUT2D eigenvalue weighted by Gasteiger charge is -2.14. The highest BCUT2D eigenvalue weighted by Gasteiger charge is 2.29. The molecule has 0 radical (unpaired) electrons. The Morgan fingerprint density at radius 1 is 1.00 bits per heavy atom. The smallest absolute Gasteiger partial charge is 0.263 e. The fourth-order valence-electron chi connectivity index (χ4n) is 3.50. The van der Waals surface area contributed by atoms with Crippen molar-refractivity contribution in [1.82, 2.24) is 20.1 Å². The summed E-state index contributed by atoms with van der Waals surface area (Å²) in [6.07, 6.45) is -0.659. The first kappa shape index (κ1) is 17.5. The van der Waals surface area contributed by atoms with E-state index in [2.05, 4.69) is 15.5 Å². The number of para-hydroxylation sites is 1. The Kier molecular flexibility index (Phi) is 4.29. The van der Waals surface area contributed by atoms with Crippen molar-refractivity contribution in [1.29, 1.82) is 0 Å². The lowest BCUT2D eigenvalue weighted by atomic mass is 10.0. The molecule has 0 saturated carbocycles. The van der Waals surface area contributed by atoms with Crippen LogP contribution in [-0.4, -0.2) is 26.4 Å². The lowest BCUT2D eigenvalue weighted by Crippen LogP contribution is -2.29. The molecule has 0 fully saturated rings. The van der Waals surface area contributed by atoms with Gasteiger partial charge in [-0.2, -0.15) is 0 Å². The van der Waals surface area contributed by atoms with Crippen LogP contribution in [0.15, 0.2) is 77.1 Å². The van der Waals surface area contributed by atoms with E-state index in [0.717, 1.165) is 28.4 Å². The minimum Gasteiger partial charge on any atom is -0.323 e. The standard InChI is InChI=1S/C22H17N5OS/c1-14-25-26-21-20(24-22(28)18-12-7-13-29-18)23-19(15-8-3-2-4-9-15)16-10-5-6-11-17(16)27(14)21/h2-13,20H,1H3,(H,24,28). The molecule has 1 aliphatic rings. The van der Waals surface area contributed by atoms with Gasteiger partial charge in [0, 0.05) is 11.1 Å². The molecule has 142 valence electrons. The van der Waals surface area contributed by atoms with E-state index >= 15 is 0 Å². The molecule has 5 rings (SSSR count). The number of carbonyl (C=O) groups excluding carboxylic acids is 1. The molecule has 2 aromatic carbocycles. The first-order valence-corrected chi connectivity index (χ1v) is 10.1. The van der Waals surface area contributed by atoms with Gasteiger partial charge < -0.3 is 5.32 Å². The summed E-state index contributed by atoms with van der Waals surface area (Å²) in [4.78, 5) is 18.4. The van der Waals surface area contributed by atoms with Crippen molar-refractivity contribution < 1.29 is 4.79 Å². The number of nitrogens with one attached hydrogen (secondary N) is 1. The molecule has 0 saturated heterocycles. The van der Waals surface area contributed by atoms with Gasteiger partial charge in [0.05, 0.1) is 16.3 Å². The largest absolute Gasteiger partial charge is 0.323 e. The lowest BCUT2D eigenvalue weighted by molar-refractivity contribution is 0.0940. The normalized spacial score (nSPS) is 15.1. The van der Waals surface area contributed by atoms with Crippen LogP contribution in [0.25, 0.3) is 5.69 Å². The molecule has 0 aliphatic carbocycles. The summed E-state index contributed by atoms with van der Waals surface area (Å²) in [5, 5.41) is 13.5. The SMILES string of the molecule is Cc1nnc2n1-c1ccccc1C(c1ccccc1)=NC2NC(=O)c1cccs1. The maximum absolute atomic E-state index is 12.8. The monoisotopic (exact) mass is 399 g/mol. The van der Waals surface area contributed by atoms with Gasteiger partial charge in [0.25, 0.3) is 5.91 Å². The molecule has 1 N–H and O–H groups in total. The summed E-state index contributed by atoms with van der Waals surface area (Å²) in [5.74, 6) is 1.15. The minimum atomic E-state index is -0.659. The van der Waals surface area contributed by atoms with Crippen LogP contribution >= 0.6 is 11.3 Å². The number of fused-ring (bicyclic) bond motifs is 3. The Morgan fingerprint density at radius 3 is 2.59 bits per heavy atom. The predicted molar refractivity (Wildman–Crippen MR) is 113 cm³/mol. The third-order valence-electron chi connectivity index (χ3n) is 4.81. The third kappa shape index (κ3) is 3.05. The van der Waals surface area contributed by atoms with Crippen LogP contribution < -0.4 is 5.32 Å². The van der Waals surface area contributed by atoms with Gasteiger partial charge in [-0.3, -0.25) is 14.4 Å². The number of rotatable bonds is 3. The van der Waals surface area contributed by atoms with E-state index in [1.54, 1.807) is 6.07 Å². The maximum atomic E-state index is 12.8. The van der Waals surface area contributed by atoms with E-state index in [1.807, 2.05) is 77.5 Å². The van der Waals surface area contributed by atoms with E-state index in [0.29, 0.717) is 10.7 Å². The van der Waals surface area contributed by atoms with E-state index in [9.17, 15) is 4.79 Å². The quantitative estimate of drug-likeness (QED) is 0.568. The molecule has 0 bridgehead atoms. The number of hydrogen-bond donors (Lipinski definition) is 1. The number of benzene rings is 2. The zero-order valence-corrected chi connectivity index (χ0v) is 16.4. The topological polar surface area (TPSA) is 72.2 Å². The summed E-state index contributed by atoms with van der Waals surface area (Å²) in [5.41, 5.74) is 3.70. The van der Waals surface area contributed by atoms with Crippen LogP contribution in [0.4, 0.5) is 0 Å². The van der Waals surface area contributed by atoms with Crippen molar-refractivity contribution in [3.63, 3.8) is 0 Å². The average molecular weight is 399 g/mol. The Balaban J connectivity index is 1.70. The summed E-state index contributed by atoms with van der Waals surface area (Å²) in [7, 11) is 0. The molecule has 4 aromatic rings. The van der Waals surface area contributed by atoms with Crippen molar-refractivity contribution in [3.8, 4) is 5.69 Å². The molecule has 6 nitrogen and oxygen atoms in total. The van der Waals surface area contributed by atoms with Gasteiger partial charge in [-0.05, 0) is 24.4 Å². The summed E-state index contributed by atoms with van der Waals surface area (Å²) >= 11 is 1.39. The minimum absolute atomic E-state index is 0.181. The Bertz CT molecular complexity index is 1210. The maximum Gasteiger partial charge on any atom is 0.263 e. The predicted octanol–water partition coefficient (Wildman–Crippen LogP) is 3.92. The first-order chi connectivity index (χ1) is 14.2. The number of hydrogen-bond acceptors (Lipinski definition) is 5. The number of nitrogens with zero attached hydrogens (tertiary/aromatic N) is 4. The second-order valence-corrected chi connectivity index (χ2v) is 7.60. The number of aliphatic imine (C=N–C) groups is 1. The fourth-order valence-corrected chi connectivity index (χ4v) is 4.13. The second kappa shape index (κ2) is 7.10. The summed E-state index contributed by atoms with van der Waals surface area (Å²) in [6, 6.07) is 21.7. The highest BCUT2D eigenvalue weighted by atomic mass is 32.1. The molecule has 1 atom stereocenters. The van der Waals surface area contributed by atoms with Crippen molar-refractivity contribution in [3.05, 3.63) is 99.8 Å². The fraction of sp³-hybridized carbons (Fsp3) is 0.0909. The molecule has 29 heavy (non-hydrogen) atoms. The van der Waals surface area contributed by atoms with Crippen LogP contribution in [-0.2, 0) is 0 Å². The molecule has 1 unspecified atom stereocenters. The van der Waals surface area contributed by atoms with Crippen LogP contribution in [0.2, 0.25) is 0 Å². The number of aromatic nitrogens is 3. The van der Waals surface area contributed by atoms with Crippen LogP contribution in [0.1, 0.15) is 38.6 Å². The summed E-state index contributed by atoms with van der Waals surface area (Å²) < 4.78 is 1.97. The molecule has 1 amide bonds. The molecular weight excluding hydrogens is 382 g/mol. The Hall–Kier alpha value is -3.58. The number of carbonyl (C=O) groups is 1. The van der Waals surface area contributed by atoms with Gasteiger partial charge in [0.2, 0.25) is 0 Å². The van der Waals surface area contributed by atoms with Crippen molar-refractivity contribution in [2.75, 3.05) is 0 Å². The van der Waals surface area contributed by atoms with E-state index in [4.69, 9.17) is 4.99 Å². The second-order valence-electron chi connectivity index (χ2n) is 6.66. The van der Waals surface area contributed by atoms with Crippen LogP contribution in [0.3, 0.4) is 0 Å². The van der Waals surface area contributed by atoms with Crippen molar-refractivity contribution in [2.45, 2.75) is 13.1 Å². The average Bonchev–Trinajstić information content (AvgIpc) is 3.39. The molecule has 1 aliphatic heterocycles. The number of thiophene rings is 1. The van der Waals surface area contributed by atoms with E-state index < -0.39 is 6.17 Å². The van der Waals surface area contributed by atoms with Crippen LogP contribution in [0.5, 0.6) is 0 Å². The van der Waals surface area contributed by atoms with Gasteiger partial charge in [0.1, 0.15) is 5.82 Å². The highest BCUT2D eigenvalue weighted by molar-refractivity contribution is 7.12. The van der Waals surface area contributed by atoms with Gasteiger partial charge in [-0.1, -0.05) is 54.6 Å². The van der Waals surface area contributed by atoms with Crippen LogP contribution in [0, 0.1) is 6.92 Å². The third-order valence-corrected chi connectivity index (χ3v) is 5.68. The number of aryl methyl sites for hydroxylation is 1. The molecule has 2 aromatic heterocycles. The van der Waals surface area contributed by atoms with Gasteiger partial charge in [-0.15, -0.1) is 21.5 Å². The Morgan fingerprint density at radius 2 is 1.79 bits per heavy atom. The van der Waals surface area contributed by atoms with E-state index in [1.165, 1.54) is 11.3 Å². The number of amides is 1. The first-order valence-electron chi connectivity index (χ1n) is 9.21. The molecular formula is C22H17N5OS. The van der Waals surface area contributed by atoms with Crippen molar-refractivity contribution >= 4 is 23.0 Å². The highest BCUT2D eigenvalue weighted by Crippen LogP contribution is 2.30. The zero-order valence-electron chi connectivity index (χ0n) is 15.6. The van der Waals surface area contributed by atoms with E-state index in [-0.39, 0.29) is 5.91 Å². The molecule has 3 heterocycles. The van der Waals surface area contributed by atoms with Gasteiger partial charge >= 0.3 is 0 Å².